The monoisotopic (exact) mass is 430 g/mol. The molecule has 5 rings (SSSR count). The van der Waals surface area contributed by atoms with Crippen LogP contribution in [0.2, 0.25) is 0 Å². The maximum atomic E-state index is 12.9. The number of amides is 1. The van der Waals surface area contributed by atoms with E-state index in [-0.39, 0.29) is 11.5 Å². The number of benzene rings is 1. The fourth-order valence-corrected chi connectivity index (χ4v) is 4.62. The molecular formula is C24H26N6O2. The Balaban J connectivity index is 1.41. The molecule has 1 aliphatic rings. The number of aromatic nitrogens is 4. The summed E-state index contributed by atoms with van der Waals surface area (Å²) in [5, 5.41) is 9.34. The topological polar surface area (TPSA) is 95.9 Å². The molecule has 0 radical (unpaired) electrons. The maximum absolute atomic E-state index is 12.9. The summed E-state index contributed by atoms with van der Waals surface area (Å²) in [6, 6.07) is 9.44. The highest BCUT2D eigenvalue weighted by atomic mass is 16.1. The zero-order valence-corrected chi connectivity index (χ0v) is 18.5. The van der Waals surface area contributed by atoms with E-state index in [0.717, 1.165) is 23.9 Å². The van der Waals surface area contributed by atoms with Crippen molar-refractivity contribution in [2.75, 3.05) is 18.9 Å². The van der Waals surface area contributed by atoms with Gasteiger partial charge in [-0.05, 0) is 57.6 Å². The van der Waals surface area contributed by atoms with Gasteiger partial charge in [-0.2, -0.15) is 5.10 Å². The molecule has 0 unspecified atom stereocenters. The van der Waals surface area contributed by atoms with Gasteiger partial charge >= 0.3 is 0 Å². The first kappa shape index (κ1) is 20.4. The average molecular weight is 431 g/mol. The Labute approximate surface area is 185 Å². The maximum Gasteiger partial charge on any atom is 0.274 e. The number of nitrogens with zero attached hydrogens (tertiary/aromatic N) is 4. The van der Waals surface area contributed by atoms with Gasteiger partial charge in [0.25, 0.3) is 11.5 Å². The Morgan fingerprint density at radius 3 is 2.81 bits per heavy atom. The largest absolute Gasteiger partial charge is 0.357 e. The molecule has 1 atom stereocenters. The van der Waals surface area contributed by atoms with Crippen LogP contribution in [-0.4, -0.2) is 44.1 Å². The Morgan fingerprint density at radius 1 is 1.16 bits per heavy atom. The minimum absolute atomic E-state index is 0.184. The van der Waals surface area contributed by atoms with Crippen molar-refractivity contribution in [2.45, 2.75) is 32.2 Å². The smallest absolute Gasteiger partial charge is 0.274 e. The van der Waals surface area contributed by atoms with Crippen LogP contribution in [0.15, 0.2) is 41.3 Å². The molecule has 8 heteroatoms. The van der Waals surface area contributed by atoms with E-state index in [2.05, 4.69) is 38.4 Å². The van der Waals surface area contributed by atoms with Crippen molar-refractivity contribution in [3.8, 4) is 0 Å². The number of aryl methyl sites for hydroxylation is 2. The molecule has 0 aliphatic carbocycles. The summed E-state index contributed by atoms with van der Waals surface area (Å²) in [5.41, 5.74) is 3.10. The van der Waals surface area contributed by atoms with Gasteiger partial charge in [0.15, 0.2) is 0 Å². The molecule has 1 amide bonds. The number of H-pyrrole nitrogens is 1. The van der Waals surface area contributed by atoms with Gasteiger partial charge in [-0.1, -0.05) is 6.42 Å². The highest BCUT2D eigenvalue weighted by Gasteiger charge is 2.22. The number of hydrogen-bond acceptors (Lipinski definition) is 5. The minimum Gasteiger partial charge on any atom is -0.357 e. The summed E-state index contributed by atoms with van der Waals surface area (Å²) in [7, 11) is 3.78. The summed E-state index contributed by atoms with van der Waals surface area (Å²) >= 11 is 0. The van der Waals surface area contributed by atoms with Crippen LogP contribution in [0.4, 0.5) is 5.82 Å². The minimum atomic E-state index is -0.280. The van der Waals surface area contributed by atoms with Crippen LogP contribution < -0.4 is 10.9 Å². The number of anilines is 1. The quantitative estimate of drug-likeness (QED) is 0.518. The van der Waals surface area contributed by atoms with E-state index >= 15 is 0 Å². The molecule has 8 nitrogen and oxygen atoms in total. The van der Waals surface area contributed by atoms with E-state index in [1.807, 2.05) is 13.0 Å². The molecule has 0 bridgehead atoms. The lowest BCUT2D eigenvalue weighted by Gasteiger charge is -2.31. The van der Waals surface area contributed by atoms with E-state index in [4.69, 9.17) is 0 Å². The average Bonchev–Trinajstić information content (AvgIpc) is 3.20. The predicted molar refractivity (Wildman–Crippen MR) is 125 cm³/mol. The highest BCUT2D eigenvalue weighted by molar-refractivity contribution is 6.06. The van der Waals surface area contributed by atoms with E-state index in [9.17, 15) is 9.59 Å². The van der Waals surface area contributed by atoms with Crippen molar-refractivity contribution in [2.24, 2.45) is 7.05 Å². The SMILES string of the molecule is Cc1nn(C)c(=O)c2ccc(C(=O)Nc3cc4[nH]c([C@H]5CCCCN5C)cc4cn3)cc12. The van der Waals surface area contributed by atoms with Crippen molar-refractivity contribution in [3.05, 3.63) is 63.8 Å². The Kier molecular flexibility index (Phi) is 5.01. The molecule has 1 aromatic carbocycles. The van der Waals surface area contributed by atoms with Gasteiger partial charge in [-0.3, -0.25) is 14.5 Å². The van der Waals surface area contributed by atoms with Gasteiger partial charge in [0.05, 0.1) is 16.6 Å². The molecule has 32 heavy (non-hydrogen) atoms. The van der Waals surface area contributed by atoms with Gasteiger partial charge in [-0.25, -0.2) is 9.67 Å². The first-order valence-corrected chi connectivity index (χ1v) is 10.9. The van der Waals surface area contributed by atoms with Gasteiger partial charge in [0.1, 0.15) is 5.82 Å². The zero-order chi connectivity index (χ0) is 22.4. The Morgan fingerprint density at radius 2 is 2.00 bits per heavy atom. The van der Waals surface area contributed by atoms with Crippen LogP contribution in [0.3, 0.4) is 0 Å². The lowest BCUT2D eigenvalue weighted by atomic mass is 10.0. The third kappa shape index (κ3) is 3.56. The fraction of sp³-hybridized carbons (Fsp3) is 0.333. The van der Waals surface area contributed by atoms with Gasteiger partial charge in [-0.15, -0.1) is 0 Å². The summed E-state index contributed by atoms with van der Waals surface area (Å²) in [6.45, 7) is 2.93. The van der Waals surface area contributed by atoms with Crippen LogP contribution >= 0.6 is 0 Å². The third-order valence-electron chi connectivity index (χ3n) is 6.39. The van der Waals surface area contributed by atoms with Crippen molar-refractivity contribution in [1.82, 2.24) is 24.6 Å². The van der Waals surface area contributed by atoms with Crippen molar-refractivity contribution < 1.29 is 4.79 Å². The van der Waals surface area contributed by atoms with Crippen LogP contribution in [0.25, 0.3) is 21.7 Å². The number of fused-ring (bicyclic) bond motifs is 2. The number of aromatic amines is 1. The summed E-state index contributed by atoms with van der Waals surface area (Å²) in [5.74, 6) is 0.199. The van der Waals surface area contributed by atoms with E-state index in [0.29, 0.717) is 33.9 Å². The summed E-state index contributed by atoms with van der Waals surface area (Å²) in [4.78, 5) is 35.5. The van der Waals surface area contributed by atoms with E-state index < -0.39 is 0 Å². The molecule has 4 heterocycles. The molecule has 0 spiro atoms. The fourth-order valence-electron chi connectivity index (χ4n) is 4.62. The molecule has 2 N–H and O–H groups in total. The van der Waals surface area contributed by atoms with Crippen LogP contribution in [-0.2, 0) is 7.05 Å². The number of likely N-dealkylation sites (tertiary alicyclic amines) is 1. The summed E-state index contributed by atoms with van der Waals surface area (Å²) in [6.07, 6.45) is 5.40. The standard InChI is InChI=1S/C24H26N6O2/c1-14-18-10-15(7-8-17(18)24(32)30(3)28-14)23(31)27-22-12-19-16(13-25-22)11-20(26-19)21-6-4-5-9-29(21)2/h7-8,10-13,21,26H,4-6,9H2,1-3H3,(H,25,27,31)/t21-/m1/s1. The third-order valence-corrected chi connectivity index (χ3v) is 6.39. The lowest BCUT2D eigenvalue weighted by Crippen LogP contribution is -2.29. The molecule has 1 saturated heterocycles. The van der Waals surface area contributed by atoms with Crippen molar-refractivity contribution >= 4 is 33.4 Å². The van der Waals surface area contributed by atoms with Crippen molar-refractivity contribution in [1.29, 1.82) is 0 Å². The normalized spacial score (nSPS) is 17.2. The van der Waals surface area contributed by atoms with Gasteiger partial charge in [0.2, 0.25) is 0 Å². The predicted octanol–water partition coefficient (Wildman–Crippen LogP) is 3.53. The molecule has 164 valence electrons. The number of pyridine rings is 1. The number of nitrogens with one attached hydrogen (secondary N) is 2. The molecule has 1 aliphatic heterocycles. The second-order valence-electron chi connectivity index (χ2n) is 8.60. The number of carbonyl (C=O) groups is 1. The van der Waals surface area contributed by atoms with E-state index in [1.165, 1.54) is 23.2 Å². The van der Waals surface area contributed by atoms with Crippen LogP contribution in [0, 0.1) is 6.92 Å². The zero-order valence-electron chi connectivity index (χ0n) is 18.5. The van der Waals surface area contributed by atoms with Crippen LogP contribution in [0.5, 0.6) is 0 Å². The molecule has 0 saturated carbocycles. The van der Waals surface area contributed by atoms with Gasteiger partial charge in [0, 0.05) is 47.4 Å². The molecule has 3 aromatic heterocycles. The van der Waals surface area contributed by atoms with Gasteiger partial charge < -0.3 is 10.3 Å². The Bertz CT molecular complexity index is 1400. The second-order valence-corrected chi connectivity index (χ2v) is 8.60. The van der Waals surface area contributed by atoms with Crippen LogP contribution in [0.1, 0.15) is 47.1 Å². The first-order valence-electron chi connectivity index (χ1n) is 10.9. The van der Waals surface area contributed by atoms with Crippen molar-refractivity contribution in [3.63, 3.8) is 0 Å². The number of carbonyl (C=O) groups excluding carboxylic acids is 1. The molecule has 1 fully saturated rings. The number of piperidine rings is 1. The highest BCUT2D eigenvalue weighted by Crippen LogP contribution is 2.31. The lowest BCUT2D eigenvalue weighted by molar-refractivity contribution is 0.102. The number of rotatable bonds is 3. The Hall–Kier alpha value is -3.52. The molecule has 4 aromatic rings. The summed E-state index contributed by atoms with van der Waals surface area (Å²) < 4.78 is 1.31. The molecular weight excluding hydrogens is 404 g/mol. The van der Waals surface area contributed by atoms with E-state index in [1.54, 1.807) is 31.4 Å². The number of hydrogen-bond donors (Lipinski definition) is 2. The first-order chi connectivity index (χ1) is 15.4. The second kappa shape index (κ2) is 7.87.